The third kappa shape index (κ3) is 10.5. The van der Waals surface area contributed by atoms with Crippen LogP contribution < -0.4 is 24.6 Å². The van der Waals surface area contributed by atoms with Crippen LogP contribution in [0.15, 0.2) is 54.4 Å². The quantitative estimate of drug-likeness (QED) is 0.0829. The van der Waals surface area contributed by atoms with Crippen molar-refractivity contribution >= 4 is 58.0 Å². The normalized spacial score (nSPS) is 25.4. The molecule has 3 amide bonds. The van der Waals surface area contributed by atoms with E-state index in [9.17, 15) is 27.4 Å². The zero-order valence-electron chi connectivity index (χ0n) is 36.3. The number of amides is 3. The van der Waals surface area contributed by atoms with Crippen molar-refractivity contribution in [3.8, 4) is 16.5 Å². The van der Waals surface area contributed by atoms with Crippen molar-refractivity contribution in [1.82, 2.24) is 34.7 Å². The van der Waals surface area contributed by atoms with Crippen molar-refractivity contribution in [1.29, 1.82) is 0 Å². The second kappa shape index (κ2) is 18.6. The van der Waals surface area contributed by atoms with Gasteiger partial charge >= 0.3 is 7.75 Å². The standard InChI is InChI=1S/C44H60N7O9PS2/c1-5-28-26-44(28,42(54)48-61(55,59-30-17-8-9-18-30)60-31-19-10-11-20-31)47-39(52)35-25-32(58-40-37(36-23-14-24-62-36)45-33-21-12-13-22-34(33)46-40)27-51(35)41(53)38(43(2,3)4)50-63(56,57)49-29-15-6-7-16-29/h5,12-14,21-24,28-32,35,38,49-50H,1,6-11,15-20,25-27H2,2-4H3,(H,47,52)(H,48,54,55)/t28?,32-,35+,38-,44-/m1/s1. The van der Waals surface area contributed by atoms with E-state index in [2.05, 4.69) is 26.4 Å². The number of hydrogen-bond donors (Lipinski definition) is 4. The van der Waals surface area contributed by atoms with Crippen LogP contribution in [-0.2, 0) is 38.2 Å². The minimum absolute atomic E-state index is 0.0234. The van der Waals surface area contributed by atoms with Crippen molar-refractivity contribution in [2.24, 2.45) is 11.3 Å². The van der Waals surface area contributed by atoms with Gasteiger partial charge in [0.05, 0.1) is 34.7 Å². The molecule has 4 saturated carbocycles. The molecule has 63 heavy (non-hydrogen) atoms. The summed E-state index contributed by atoms with van der Waals surface area (Å²) in [6.45, 7) is 9.06. The van der Waals surface area contributed by atoms with Gasteiger partial charge in [-0.25, -0.2) is 14.5 Å². The zero-order valence-corrected chi connectivity index (χ0v) is 38.8. The van der Waals surface area contributed by atoms with Gasteiger partial charge in [-0.3, -0.25) is 28.5 Å². The summed E-state index contributed by atoms with van der Waals surface area (Å²) in [6, 6.07) is 8.44. The summed E-state index contributed by atoms with van der Waals surface area (Å²) >= 11 is 1.46. The van der Waals surface area contributed by atoms with Gasteiger partial charge < -0.3 is 15.0 Å². The summed E-state index contributed by atoms with van der Waals surface area (Å²) in [5.41, 5.74) is -0.750. The number of hydrogen-bond acceptors (Lipinski definition) is 12. The highest BCUT2D eigenvalue weighted by Crippen LogP contribution is 2.53. The number of carbonyl (C=O) groups is 3. The van der Waals surface area contributed by atoms with E-state index in [-0.39, 0.29) is 43.5 Å². The van der Waals surface area contributed by atoms with Crippen LogP contribution in [0.5, 0.6) is 5.88 Å². The van der Waals surface area contributed by atoms with Crippen LogP contribution in [0.1, 0.15) is 111 Å². The highest BCUT2D eigenvalue weighted by molar-refractivity contribution is 7.87. The van der Waals surface area contributed by atoms with Crippen molar-refractivity contribution in [2.45, 2.75) is 153 Å². The van der Waals surface area contributed by atoms with Gasteiger partial charge in [0, 0.05) is 18.4 Å². The molecule has 19 heteroatoms. The molecule has 3 heterocycles. The third-order valence-corrected chi connectivity index (χ3v) is 16.6. The van der Waals surface area contributed by atoms with Crippen LogP contribution in [0.2, 0.25) is 0 Å². The van der Waals surface area contributed by atoms with Crippen molar-refractivity contribution in [3.05, 3.63) is 54.4 Å². The summed E-state index contributed by atoms with van der Waals surface area (Å²) in [5, 5.41) is 7.48. The summed E-state index contributed by atoms with van der Waals surface area (Å²) in [5.74, 6) is -2.34. The van der Waals surface area contributed by atoms with Gasteiger partial charge in [-0.05, 0) is 73.9 Å². The number of likely N-dealkylation sites (tertiary alicyclic amines) is 1. The van der Waals surface area contributed by atoms with Crippen molar-refractivity contribution in [2.75, 3.05) is 6.54 Å². The van der Waals surface area contributed by atoms with E-state index in [1.54, 1.807) is 26.8 Å². The number of nitrogens with one attached hydrogen (secondary N) is 4. The van der Waals surface area contributed by atoms with Gasteiger partial charge in [0.15, 0.2) is 0 Å². The molecular formula is C44H60N7O9PS2. The fourth-order valence-corrected chi connectivity index (χ4v) is 13.4. The molecule has 5 aliphatic rings. The molecule has 1 saturated heterocycles. The van der Waals surface area contributed by atoms with E-state index >= 15 is 0 Å². The molecule has 0 spiro atoms. The second-order valence-electron chi connectivity index (χ2n) is 18.8. The van der Waals surface area contributed by atoms with Gasteiger partial charge in [-0.1, -0.05) is 83.6 Å². The minimum atomic E-state index is -4.17. The highest BCUT2D eigenvalue weighted by Gasteiger charge is 2.62. The largest absolute Gasteiger partial charge is 0.471 e. The molecule has 1 aromatic carbocycles. The first-order valence-electron chi connectivity index (χ1n) is 22.4. The number of nitrogens with zero attached hydrogens (tertiary/aromatic N) is 3. The van der Waals surface area contributed by atoms with Crippen LogP contribution in [0.4, 0.5) is 0 Å². The topological polar surface area (TPSA) is 207 Å². The number of carbonyl (C=O) groups excluding carboxylic acids is 3. The molecular weight excluding hydrogens is 866 g/mol. The first kappa shape index (κ1) is 45.8. The fraction of sp³-hybridized carbons (Fsp3) is 0.614. The minimum Gasteiger partial charge on any atom is -0.471 e. The lowest BCUT2D eigenvalue weighted by Gasteiger charge is -2.35. The SMILES string of the molecule is C=CC1C[C@]1(NC(=O)[C@@H]1C[C@@H](Oc2nc3ccccc3nc2-c2cccs2)CN1C(=O)[C@@H](NS(=O)(=O)NC1CCCC1)C(C)(C)C)C(=O)NP(=O)(OC1CCCC1)OC1CCCC1. The molecule has 8 rings (SSSR count). The number of rotatable bonds is 17. The summed E-state index contributed by atoms with van der Waals surface area (Å²) in [4.78, 5) is 56.1. The number of para-hydroxylation sites is 2. The van der Waals surface area contributed by atoms with Gasteiger partial charge in [0.25, 0.3) is 16.1 Å². The molecule has 0 radical (unpaired) electrons. The van der Waals surface area contributed by atoms with E-state index in [4.69, 9.17) is 23.8 Å². The summed E-state index contributed by atoms with van der Waals surface area (Å²) in [7, 11) is -8.33. The molecule has 1 unspecified atom stereocenters. The summed E-state index contributed by atoms with van der Waals surface area (Å²) < 4.78 is 65.8. The Bertz CT molecular complexity index is 2300. The lowest BCUT2D eigenvalue weighted by molar-refractivity contribution is -0.142. The van der Waals surface area contributed by atoms with Crippen LogP contribution in [0, 0.1) is 11.3 Å². The molecule has 342 valence electrons. The van der Waals surface area contributed by atoms with Gasteiger partial charge in [0.2, 0.25) is 17.7 Å². The predicted molar refractivity (Wildman–Crippen MR) is 240 cm³/mol. The Morgan fingerprint density at radius 2 is 1.54 bits per heavy atom. The molecule has 0 bridgehead atoms. The van der Waals surface area contributed by atoms with Crippen LogP contribution in [-0.4, -0.2) is 89.5 Å². The maximum absolute atomic E-state index is 14.9. The molecule has 5 fully saturated rings. The van der Waals surface area contributed by atoms with Crippen LogP contribution in [0.3, 0.4) is 0 Å². The molecule has 2 aromatic heterocycles. The molecule has 4 N–H and O–H groups in total. The van der Waals surface area contributed by atoms with Crippen LogP contribution >= 0.6 is 19.1 Å². The first-order chi connectivity index (χ1) is 30.0. The first-order valence-corrected chi connectivity index (χ1v) is 26.3. The number of ether oxygens (including phenoxy) is 1. The van der Waals surface area contributed by atoms with E-state index in [1.165, 1.54) is 16.2 Å². The molecule has 4 aliphatic carbocycles. The average molecular weight is 926 g/mol. The Morgan fingerprint density at radius 3 is 2.11 bits per heavy atom. The van der Waals surface area contributed by atoms with Crippen molar-refractivity contribution in [3.63, 3.8) is 0 Å². The Labute approximate surface area is 373 Å². The molecule has 5 atom stereocenters. The smallest absolute Gasteiger partial charge is 0.435 e. The lowest BCUT2D eigenvalue weighted by Crippen LogP contribution is -2.61. The predicted octanol–water partition coefficient (Wildman–Crippen LogP) is 6.69. The summed E-state index contributed by atoms with van der Waals surface area (Å²) in [6.07, 6.45) is 9.89. The van der Waals surface area contributed by atoms with Gasteiger partial charge in [-0.15, -0.1) is 17.9 Å². The number of fused-ring (bicyclic) bond motifs is 1. The maximum atomic E-state index is 14.9. The van der Waals surface area contributed by atoms with Crippen LogP contribution in [0.25, 0.3) is 21.6 Å². The number of thiophene rings is 1. The molecule has 1 aliphatic heterocycles. The highest BCUT2D eigenvalue weighted by atomic mass is 32.2. The number of aromatic nitrogens is 2. The van der Waals surface area contributed by atoms with Crippen molar-refractivity contribution < 1.29 is 41.2 Å². The Balaban J connectivity index is 1.09. The van der Waals surface area contributed by atoms with E-state index in [0.717, 1.165) is 43.4 Å². The maximum Gasteiger partial charge on any atom is 0.435 e. The average Bonchev–Trinajstić information content (AvgIpc) is 4.00. The Kier molecular flexibility index (Phi) is 13.5. The second-order valence-corrected chi connectivity index (χ2v) is 22.9. The Hall–Kier alpha value is -3.77. The third-order valence-electron chi connectivity index (χ3n) is 13.0. The van der Waals surface area contributed by atoms with E-state index in [0.29, 0.717) is 55.3 Å². The molecule has 16 nitrogen and oxygen atoms in total. The Morgan fingerprint density at radius 1 is 0.921 bits per heavy atom. The fourth-order valence-electron chi connectivity index (χ4n) is 9.41. The lowest BCUT2D eigenvalue weighted by atomic mass is 9.86. The molecule has 3 aromatic rings. The van der Waals surface area contributed by atoms with E-state index in [1.807, 2.05) is 41.8 Å². The number of benzene rings is 1. The monoisotopic (exact) mass is 925 g/mol. The van der Waals surface area contributed by atoms with E-state index < -0.39 is 70.7 Å². The van der Waals surface area contributed by atoms with Gasteiger partial charge in [0.1, 0.15) is 29.4 Å². The zero-order chi connectivity index (χ0) is 44.6. The van der Waals surface area contributed by atoms with Gasteiger partial charge in [-0.2, -0.15) is 17.9 Å².